The first-order chi connectivity index (χ1) is 7.24. The number of fused-ring (bicyclic) bond motifs is 3. The second-order valence-corrected chi connectivity index (χ2v) is 4.22. The van der Waals surface area contributed by atoms with Gasteiger partial charge >= 0.3 is 0 Å². The van der Waals surface area contributed by atoms with Gasteiger partial charge in [0.2, 0.25) is 0 Å². The summed E-state index contributed by atoms with van der Waals surface area (Å²) < 4.78 is 0. The summed E-state index contributed by atoms with van der Waals surface area (Å²) in [6.07, 6.45) is 0. The highest BCUT2D eigenvalue weighted by Crippen LogP contribution is 2.26. The number of aryl methyl sites for hydroxylation is 2. The standard InChI is InChI=1S/C14H13N/c1-9-4-6-13-12(7-9)11-5-3-10(2)8-14(11)15-13/h3-8,15H,1-2H3. The predicted octanol–water partition coefficient (Wildman–Crippen LogP) is 3.94. The number of hydrogen-bond donors (Lipinski definition) is 1. The molecule has 0 saturated heterocycles. The van der Waals surface area contributed by atoms with E-state index in [1.807, 2.05) is 0 Å². The first-order valence-corrected chi connectivity index (χ1v) is 5.23. The Bertz CT molecular complexity index is 647. The van der Waals surface area contributed by atoms with E-state index in [1.54, 1.807) is 0 Å². The molecular formula is C14H13N. The van der Waals surface area contributed by atoms with Gasteiger partial charge in [-0.25, -0.2) is 0 Å². The summed E-state index contributed by atoms with van der Waals surface area (Å²) in [6, 6.07) is 13.1. The Morgan fingerprint density at radius 1 is 0.733 bits per heavy atom. The second kappa shape index (κ2) is 2.86. The molecule has 1 aromatic heterocycles. The van der Waals surface area contributed by atoms with Crippen LogP contribution in [0.15, 0.2) is 36.4 Å². The van der Waals surface area contributed by atoms with Crippen LogP contribution in [0.3, 0.4) is 0 Å². The van der Waals surface area contributed by atoms with Crippen molar-refractivity contribution >= 4 is 21.8 Å². The lowest BCUT2D eigenvalue weighted by atomic mass is 10.1. The van der Waals surface area contributed by atoms with Gasteiger partial charge in [0, 0.05) is 21.8 Å². The topological polar surface area (TPSA) is 15.8 Å². The fourth-order valence-corrected chi connectivity index (χ4v) is 2.13. The van der Waals surface area contributed by atoms with Crippen LogP contribution in [0.4, 0.5) is 0 Å². The van der Waals surface area contributed by atoms with Crippen LogP contribution in [0.5, 0.6) is 0 Å². The fraction of sp³-hybridized carbons (Fsp3) is 0.143. The van der Waals surface area contributed by atoms with Gasteiger partial charge in [-0.05, 0) is 37.6 Å². The van der Waals surface area contributed by atoms with Crippen LogP contribution in [0, 0.1) is 13.8 Å². The molecule has 0 unspecified atom stereocenters. The molecule has 3 rings (SSSR count). The molecule has 1 N–H and O–H groups in total. The zero-order chi connectivity index (χ0) is 10.4. The molecule has 0 aliphatic carbocycles. The molecule has 0 aliphatic rings. The van der Waals surface area contributed by atoms with Crippen molar-refractivity contribution in [3.05, 3.63) is 47.5 Å². The summed E-state index contributed by atoms with van der Waals surface area (Å²) in [5, 5.41) is 2.64. The number of rotatable bonds is 0. The molecule has 0 saturated carbocycles. The van der Waals surface area contributed by atoms with Crippen LogP contribution in [-0.2, 0) is 0 Å². The highest BCUT2D eigenvalue weighted by Gasteiger charge is 2.03. The van der Waals surface area contributed by atoms with E-state index in [1.165, 1.54) is 32.9 Å². The Morgan fingerprint density at radius 2 is 1.47 bits per heavy atom. The molecule has 0 radical (unpaired) electrons. The average Bonchev–Trinajstić information content (AvgIpc) is 2.54. The number of H-pyrrole nitrogens is 1. The van der Waals surface area contributed by atoms with Crippen LogP contribution in [-0.4, -0.2) is 4.98 Å². The lowest BCUT2D eigenvalue weighted by Crippen LogP contribution is -1.71. The molecule has 74 valence electrons. The smallest absolute Gasteiger partial charge is 0.0467 e. The van der Waals surface area contributed by atoms with E-state index >= 15 is 0 Å². The highest BCUT2D eigenvalue weighted by molar-refractivity contribution is 6.07. The maximum atomic E-state index is 3.45. The van der Waals surface area contributed by atoms with Gasteiger partial charge in [-0.3, -0.25) is 0 Å². The number of nitrogens with one attached hydrogen (secondary N) is 1. The lowest BCUT2D eigenvalue weighted by Gasteiger charge is -1.94. The van der Waals surface area contributed by atoms with Gasteiger partial charge in [0.1, 0.15) is 0 Å². The Hall–Kier alpha value is -1.76. The molecule has 1 heteroatoms. The quantitative estimate of drug-likeness (QED) is 0.559. The van der Waals surface area contributed by atoms with Gasteiger partial charge in [-0.15, -0.1) is 0 Å². The van der Waals surface area contributed by atoms with Gasteiger partial charge in [-0.2, -0.15) is 0 Å². The number of aromatic nitrogens is 1. The minimum Gasteiger partial charge on any atom is -0.355 e. The van der Waals surface area contributed by atoms with Gasteiger partial charge in [0.25, 0.3) is 0 Å². The first-order valence-electron chi connectivity index (χ1n) is 5.23. The molecular weight excluding hydrogens is 182 g/mol. The molecule has 2 aromatic carbocycles. The molecule has 0 amide bonds. The Morgan fingerprint density at radius 3 is 2.33 bits per heavy atom. The third kappa shape index (κ3) is 1.23. The summed E-state index contributed by atoms with van der Waals surface area (Å²) in [4.78, 5) is 3.45. The van der Waals surface area contributed by atoms with Gasteiger partial charge in [0.15, 0.2) is 0 Å². The second-order valence-electron chi connectivity index (χ2n) is 4.22. The summed E-state index contributed by atoms with van der Waals surface area (Å²) in [6.45, 7) is 4.25. The monoisotopic (exact) mass is 195 g/mol. The van der Waals surface area contributed by atoms with E-state index in [9.17, 15) is 0 Å². The lowest BCUT2D eigenvalue weighted by molar-refractivity contribution is 1.46. The van der Waals surface area contributed by atoms with Crippen molar-refractivity contribution in [3.8, 4) is 0 Å². The van der Waals surface area contributed by atoms with E-state index < -0.39 is 0 Å². The fourth-order valence-electron chi connectivity index (χ4n) is 2.13. The third-order valence-electron chi connectivity index (χ3n) is 2.91. The third-order valence-corrected chi connectivity index (χ3v) is 2.91. The largest absolute Gasteiger partial charge is 0.355 e. The molecule has 0 fully saturated rings. The minimum absolute atomic E-state index is 1.22. The maximum Gasteiger partial charge on any atom is 0.0467 e. The minimum atomic E-state index is 1.22. The van der Waals surface area contributed by atoms with Crippen molar-refractivity contribution in [3.63, 3.8) is 0 Å². The molecule has 0 bridgehead atoms. The van der Waals surface area contributed by atoms with Crippen molar-refractivity contribution in [1.82, 2.24) is 4.98 Å². The Balaban J connectivity index is 2.53. The number of hydrogen-bond acceptors (Lipinski definition) is 0. The zero-order valence-corrected chi connectivity index (χ0v) is 8.96. The number of aromatic amines is 1. The van der Waals surface area contributed by atoms with Gasteiger partial charge in [0.05, 0.1) is 0 Å². The molecule has 0 atom stereocenters. The average molecular weight is 195 g/mol. The molecule has 15 heavy (non-hydrogen) atoms. The van der Waals surface area contributed by atoms with Crippen molar-refractivity contribution in [2.45, 2.75) is 13.8 Å². The van der Waals surface area contributed by atoms with Crippen molar-refractivity contribution in [2.75, 3.05) is 0 Å². The Labute approximate surface area is 88.7 Å². The van der Waals surface area contributed by atoms with E-state index in [4.69, 9.17) is 0 Å². The summed E-state index contributed by atoms with van der Waals surface area (Å²) >= 11 is 0. The van der Waals surface area contributed by atoms with E-state index in [-0.39, 0.29) is 0 Å². The first kappa shape index (κ1) is 8.54. The molecule has 0 aliphatic heterocycles. The van der Waals surface area contributed by atoms with E-state index in [0.717, 1.165) is 0 Å². The van der Waals surface area contributed by atoms with Crippen LogP contribution in [0.1, 0.15) is 11.1 Å². The van der Waals surface area contributed by atoms with Crippen LogP contribution >= 0.6 is 0 Å². The molecule has 1 heterocycles. The van der Waals surface area contributed by atoms with E-state index in [2.05, 4.69) is 55.2 Å². The van der Waals surface area contributed by atoms with Crippen molar-refractivity contribution in [2.24, 2.45) is 0 Å². The number of benzene rings is 2. The van der Waals surface area contributed by atoms with Crippen LogP contribution < -0.4 is 0 Å². The predicted molar refractivity (Wildman–Crippen MR) is 65.3 cm³/mol. The molecule has 1 nitrogen and oxygen atoms in total. The Kier molecular flexibility index (Phi) is 1.63. The maximum absolute atomic E-state index is 3.45. The summed E-state index contributed by atoms with van der Waals surface area (Å²) in [5.41, 5.74) is 5.06. The van der Waals surface area contributed by atoms with Crippen LogP contribution in [0.25, 0.3) is 21.8 Å². The van der Waals surface area contributed by atoms with E-state index in [0.29, 0.717) is 0 Å². The SMILES string of the molecule is Cc1ccc2c(c1)[nH]c1ccc(C)cc12. The van der Waals surface area contributed by atoms with Crippen molar-refractivity contribution < 1.29 is 0 Å². The van der Waals surface area contributed by atoms with Gasteiger partial charge < -0.3 is 4.98 Å². The zero-order valence-electron chi connectivity index (χ0n) is 8.96. The normalized spacial score (nSPS) is 11.3. The van der Waals surface area contributed by atoms with Gasteiger partial charge in [-0.1, -0.05) is 23.8 Å². The highest BCUT2D eigenvalue weighted by atomic mass is 14.7. The van der Waals surface area contributed by atoms with Crippen LogP contribution in [0.2, 0.25) is 0 Å². The molecule has 0 spiro atoms. The molecule has 3 aromatic rings. The summed E-state index contributed by atoms with van der Waals surface area (Å²) in [5.74, 6) is 0. The van der Waals surface area contributed by atoms with Crippen molar-refractivity contribution in [1.29, 1.82) is 0 Å². The summed E-state index contributed by atoms with van der Waals surface area (Å²) in [7, 11) is 0.